The van der Waals surface area contributed by atoms with Gasteiger partial charge in [-0.15, -0.1) is 0 Å². The number of hydrogen-bond acceptors (Lipinski definition) is 4. The van der Waals surface area contributed by atoms with Crippen molar-refractivity contribution in [3.8, 4) is 0 Å². The van der Waals surface area contributed by atoms with Crippen LogP contribution in [0.4, 0.5) is 4.79 Å². The normalized spacial score (nSPS) is 24.8. The van der Waals surface area contributed by atoms with Crippen molar-refractivity contribution in [2.24, 2.45) is 0 Å². The topological polar surface area (TPSA) is 83.6 Å². The molecule has 19 heavy (non-hydrogen) atoms. The molecule has 1 aliphatic rings. The lowest BCUT2D eigenvalue weighted by atomic mass is 9.98. The quantitative estimate of drug-likeness (QED) is 0.780. The van der Waals surface area contributed by atoms with Crippen LogP contribution >= 0.6 is 0 Å². The maximum absolute atomic E-state index is 12.1. The Morgan fingerprint density at radius 1 is 1.26 bits per heavy atom. The van der Waals surface area contributed by atoms with E-state index in [1.54, 1.807) is 34.6 Å². The Bertz CT molecular complexity index is 492. The molecule has 0 saturated carbocycles. The van der Waals surface area contributed by atoms with Crippen LogP contribution in [0.2, 0.25) is 0 Å². The summed E-state index contributed by atoms with van der Waals surface area (Å²) in [6, 6.07) is -0.515. The summed E-state index contributed by atoms with van der Waals surface area (Å²) < 4.78 is 23.2. The van der Waals surface area contributed by atoms with E-state index >= 15 is 0 Å². The molecule has 0 aromatic heterocycles. The molecule has 1 fully saturated rings. The number of imide groups is 1. The molecule has 0 aliphatic carbocycles. The number of urea groups is 1. The van der Waals surface area contributed by atoms with Crippen LogP contribution in [-0.2, 0) is 14.6 Å². The van der Waals surface area contributed by atoms with Gasteiger partial charge in [0.05, 0.1) is 10.5 Å². The van der Waals surface area contributed by atoms with Crippen LogP contribution in [-0.4, -0.2) is 47.8 Å². The molecule has 1 heterocycles. The molecule has 7 heteroatoms. The van der Waals surface area contributed by atoms with Crippen LogP contribution < -0.4 is 5.32 Å². The van der Waals surface area contributed by atoms with E-state index < -0.39 is 26.2 Å². The van der Waals surface area contributed by atoms with Gasteiger partial charge in [-0.2, -0.15) is 0 Å². The first-order valence-corrected chi connectivity index (χ1v) is 7.96. The summed E-state index contributed by atoms with van der Waals surface area (Å²) in [6.07, 6.45) is 0.445. The fraction of sp³-hybridized carbons (Fsp3) is 0.833. The van der Waals surface area contributed by atoms with Crippen molar-refractivity contribution in [2.75, 3.05) is 12.3 Å². The number of carbonyl (C=O) groups excluding carboxylic acids is 2. The fourth-order valence-corrected chi connectivity index (χ4v) is 2.90. The monoisotopic (exact) mass is 290 g/mol. The molecule has 1 rings (SSSR count). The molecule has 3 amide bonds. The number of hydrogen-bond donors (Lipinski definition) is 1. The van der Waals surface area contributed by atoms with Crippen molar-refractivity contribution in [3.63, 3.8) is 0 Å². The molecule has 1 saturated heterocycles. The molecule has 0 aromatic carbocycles. The van der Waals surface area contributed by atoms with Gasteiger partial charge in [0.15, 0.2) is 9.84 Å². The van der Waals surface area contributed by atoms with Crippen molar-refractivity contribution < 1.29 is 18.0 Å². The van der Waals surface area contributed by atoms with Crippen molar-refractivity contribution in [2.45, 2.75) is 51.3 Å². The molecule has 1 N–H and O–H groups in total. The number of carbonyl (C=O) groups is 2. The summed E-state index contributed by atoms with van der Waals surface area (Å²) in [6.45, 7) is 8.34. The number of rotatable bonds is 4. The third kappa shape index (κ3) is 2.75. The zero-order valence-corrected chi connectivity index (χ0v) is 12.9. The minimum absolute atomic E-state index is 0.0293. The highest BCUT2D eigenvalue weighted by molar-refractivity contribution is 7.92. The summed E-state index contributed by atoms with van der Waals surface area (Å²) in [7, 11) is -3.32. The summed E-state index contributed by atoms with van der Waals surface area (Å²) >= 11 is 0. The maximum Gasteiger partial charge on any atom is 0.325 e. The average Bonchev–Trinajstić information content (AvgIpc) is 2.47. The summed E-state index contributed by atoms with van der Waals surface area (Å²) in [5, 5.41) is 2.24. The van der Waals surface area contributed by atoms with E-state index in [1.165, 1.54) is 4.90 Å². The first-order valence-electron chi connectivity index (χ1n) is 6.31. The minimum atomic E-state index is -3.32. The molecule has 1 aliphatic heterocycles. The highest BCUT2D eigenvalue weighted by atomic mass is 32.2. The van der Waals surface area contributed by atoms with Crippen LogP contribution in [0.1, 0.15) is 41.0 Å². The van der Waals surface area contributed by atoms with Crippen molar-refractivity contribution in [1.29, 1.82) is 0 Å². The molecule has 0 aromatic rings. The summed E-state index contributed by atoms with van der Waals surface area (Å²) in [5.41, 5.74) is -0.954. The third-order valence-electron chi connectivity index (χ3n) is 3.76. The van der Waals surface area contributed by atoms with Crippen molar-refractivity contribution >= 4 is 21.8 Å². The lowest BCUT2D eigenvalue weighted by molar-refractivity contribution is -0.125. The van der Waals surface area contributed by atoms with E-state index in [4.69, 9.17) is 0 Å². The Morgan fingerprint density at radius 3 is 2.21 bits per heavy atom. The SMILES string of the molecule is CCC1(C)C(=O)NC(=O)N1CCS(=O)(=O)C(C)(C)C. The van der Waals surface area contributed by atoms with Crippen LogP contribution in [0.5, 0.6) is 0 Å². The van der Waals surface area contributed by atoms with Gasteiger partial charge in [0.2, 0.25) is 0 Å². The van der Waals surface area contributed by atoms with Gasteiger partial charge in [-0.3, -0.25) is 10.1 Å². The van der Waals surface area contributed by atoms with Gasteiger partial charge >= 0.3 is 6.03 Å². The van der Waals surface area contributed by atoms with Gasteiger partial charge in [-0.05, 0) is 34.1 Å². The highest BCUT2D eigenvalue weighted by Crippen LogP contribution is 2.26. The molecule has 0 spiro atoms. The standard InChI is InChI=1S/C12H22N2O4S/c1-6-12(5)9(15)13-10(16)14(12)7-8-19(17,18)11(2,3)4/h6-8H2,1-5H3,(H,13,15,16). The maximum atomic E-state index is 12.1. The fourth-order valence-electron chi connectivity index (χ4n) is 1.86. The van der Waals surface area contributed by atoms with E-state index in [-0.39, 0.29) is 18.2 Å². The summed E-state index contributed by atoms with van der Waals surface area (Å²) in [4.78, 5) is 24.8. The van der Waals surface area contributed by atoms with Crippen molar-refractivity contribution in [3.05, 3.63) is 0 Å². The van der Waals surface area contributed by atoms with E-state index in [1.807, 2.05) is 0 Å². The smallest absolute Gasteiger partial charge is 0.309 e. The Hall–Kier alpha value is -1.11. The Morgan fingerprint density at radius 2 is 1.79 bits per heavy atom. The van der Waals surface area contributed by atoms with Gasteiger partial charge in [0, 0.05) is 6.54 Å². The van der Waals surface area contributed by atoms with Crippen LogP contribution in [0, 0.1) is 0 Å². The molecule has 110 valence electrons. The molecule has 0 bridgehead atoms. The van der Waals surface area contributed by atoms with E-state index in [2.05, 4.69) is 5.32 Å². The molecule has 1 atom stereocenters. The second-order valence-electron chi connectivity index (χ2n) is 5.97. The molecule has 6 nitrogen and oxygen atoms in total. The van der Waals surface area contributed by atoms with Crippen molar-refractivity contribution in [1.82, 2.24) is 10.2 Å². The Kier molecular flexibility index (Phi) is 4.01. The third-order valence-corrected chi connectivity index (χ3v) is 6.34. The van der Waals surface area contributed by atoms with Gasteiger partial charge in [-0.1, -0.05) is 6.92 Å². The number of nitrogens with zero attached hydrogens (tertiary/aromatic N) is 1. The van der Waals surface area contributed by atoms with Gasteiger partial charge < -0.3 is 4.90 Å². The molecule has 0 radical (unpaired) electrons. The highest BCUT2D eigenvalue weighted by Gasteiger charge is 2.48. The lowest BCUT2D eigenvalue weighted by Gasteiger charge is -2.31. The number of sulfone groups is 1. The van der Waals surface area contributed by atoms with Gasteiger partial charge in [0.25, 0.3) is 5.91 Å². The lowest BCUT2D eigenvalue weighted by Crippen LogP contribution is -2.49. The van der Waals surface area contributed by atoms with E-state index in [0.717, 1.165) is 0 Å². The predicted octanol–water partition coefficient (Wildman–Crippen LogP) is 0.920. The van der Waals surface area contributed by atoms with Crippen LogP contribution in [0.15, 0.2) is 0 Å². The van der Waals surface area contributed by atoms with E-state index in [0.29, 0.717) is 6.42 Å². The van der Waals surface area contributed by atoms with Gasteiger partial charge in [0.1, 0.15) is 5.54 Å². The second kappa shape index (κ2) is 4.77. The largest absolute Gasteiger partial charge is 0.325 e. The predicted molar refractivity (Wildman–Crippen MR) is 72.5 cm³/mol. The van der Waals surface area contributed by atoms with Crippen LogP contribution in [0.3, 0.4) is 0 Å². The second-order valence-corrected chi connectivity index (χ2v) is 8.83. The van der Waals surface area contributed by atoms with E-state index in [9.17, 15) is 18.0 Å². The summed E-state index contributed by atoms with van der Waals surface area (Å²) in [5.74, 6) is -0.513. The molecule has 1 unspecified atom stereocenters. The van der Waals surface area contributed by atoms with Gasteiger partial charge in [-0.25, -0.2) is 13.2 Å². The van der Waals surface area contributed by atoms with Crippen LogP contribution in [0.25, 0.3) is 0 Å². The first-order chi connectivity index (χ1) is 8.45. The Labute approximate surface area is 114 Å². The molecular formula is C12H22N2O4S. The number of amides is 3. The molecular weight excluding hydrogens is 268 g/mol. The average molecular weight is 290 g/mol. The minimum Gasteiger partial charge on any atom is -0.309 e. The zero-order chi connectivity index (χ0) is 15.1. The Balaban J connectivity index is 2.89. The first kappa shape index (κ1) is 15.9. The number of nitrogens with one attached hydrogen (secondary N) is 1. The zero-order valence-electron chi connectivity index (χ0n) is 12.1.